The summed E-state index contributed by atoms with van der Waals surface area (Å²) in [5.74, 6) is 2.52. The van der Waals surface area contributed by atoms with Crippen molar-refractivity contribution in [2.75, 3.05) is 19.6 Å². The molecule has 2 aliphatic rings. The molecule has 4 unspecified atom stereocenters. The third kappa shape index (κ3) is 2.98. The van der Waals surface area contributed by atoms with Crippen molar-refractivity contribution in [2.45, 2.75) is 52.0 Å². The van der Waals surface area contributed by atoms with Crippen LogP contribution >= 0.6 is 0 Å². The zero-order valence-corrected chi connectivity index (χ0v) is 11.0. The predicted molar refractivity (Wildman–Crippen MR) is 69.3 cm³/mol. The van der Waals surface area contributed by atoms with E-state index in [0.717, 1.165) is 17.8 Å². The van der Waals surface area contributed by atoms with Crippen LogP contribution < -0.4 is 5.73 Å². The van der Waals surface area contributed by atoms with Gasteiger partial charge in [-0.05, 0) is 30.6 Å². The first-order chi connectivity index (χ1) is 7.66. The second-order valence-corrected chi connectivity index (χ2v) is 6.24. The first-order valence-corrected chi connectivity index (χ1v) is 7.14. The van der Waals surface area contributed by atoms with Crippen molar-refractivity contribution in [3.8, 4) is 0 Å². The third-order valence-corrected chi connectivity index (χ3v) is 4.77. The van der Waals surface area contributed by atoms with E-state index in [4.69, 9.17) is 5.73 Å². The van der Waals surface area contributed by atoms with Gasteiger partial charge in [0.25, 0.3) is 0 Å². The van der Waals surface area contributed by atoms with E-state index in [1.165, 1.54) is 51.7 Å². The van der Waals surface area contributed by atoms with Crippen LogP contribution in [0.2, 0.25) is 0 Å². The van der Waals surface area contributed by atoms with Gasteiger partial charge in [-0.15, -0.1) is 0 Å². The van der Waals surface area contributed by atoms with Crippen LogP contribution in [0.3, 0.4) is 0 Å². The van der Waals surface area contributed by atoms with Crippen molar-refractivity contribution >= 4 is 0 Å². The van der Waals surface area contributed by atoms with Gasteiger partial charge >= 0.3 is 0 Å². The highest BCUT2D eigenvalue weighted by Gasteiger charge is 2.29. The van der Waals surface area contributed by atoms with Crippen LogP contribution in [0.4, 0.5) is 0 Å². The molecular weight excluding hydrogens is 196 g/mol. The first kappa shape index (κ1) is 12.4. The summed E-state index contributed by atoms with van der Waals surface area (Å²) in [6.07, 6.45) is 6.77. The van der Waals surface area contributed by atoms with E-state index in [9.17, 15) is 0 Å². The molecule has 16 heavy (non-hydrogen) atoms. The third-order valence-electron chi connectivity index (χ3n) is 4.77. The minimum absolute atomic E-state index is 0.466. The van der Waals surface area contributed by atoms with E-state index in [1.807, 2.05) is 0 Å². The Kier molecular flexibility index (Phi) is 4.26. The molecule has 1 saturated heterocycles. The predicted octanol–water partition coefficient (Wildman–Crippen LogP) is 2.48. The fourth-order valence-electron chi connectivity index (χ4n) is 3.37. The van der Waals surface area contributed by atoms with Crippen molar-refractivity contribution in [3.05, 3.63) is 0 Å². The smallest absolute Gasteiger partial charge is 0.00793 e. The first-order valence-electron chi connectivity index (χ1n) is 7.14. The lowest BCUT2D eigenvalue weighted by Crippen LogP contribution is -2.38. The van der Waals surface area contributed by atoms with Crippen LogP contribution in [0.25, 0.3) is 0 Å². The van der Waals surface area contributed by atoms with Gasteiger partial charge in [0, 0.05) is 25.7 Å². The van der Waals surface area contributed by atoms with Gasteiger partial charge in [0.05, 0.1) is 0 Å². The van der Waals surface area contributed by atoms with E-state index in [1.54, 1.807) is 0 Å². The molecule has 2 rings (SSSR count). The van der Waals surface area contributed by atoms with Gasteiger partial charge in [-0.1, -0.05) is 33.1 Å². The molecule has 0 aromatic carbocycles. The number of nitrogens with zero attached hydrogens (tertiary/aromatic N) is 1. The molecular formula is C14H28N2. The van der Waals surface area contributed by atoms with Gasteiger partial charge in [-0.25, -0.2) is 0 Å². The Morgan fingerprint density at radius 3 is 2.31 bits per heavy atom. The van der Waals surface area contributed by atoms with Gasteiger partial charge in [-0.2, -0.15) is 0 Å². The summed E-state index contributed by atoms with van der Waals surface area (Å²) in [5, 5.41) is 0. The van der Waals surface area contributed by atoms with Gasteiger partial charge in [-0.3, -0.25) is 0 Å². The molecule has 1 heterocycles. The molecule has 4 atom stereocenters. The molecule has 0 bridgehead atoms. The van der Waals surface area contributed by atoms with Gasteiger partial charge < -0.3 is 10.6 Å². The average Bonchev–Trinajstić information content (AvgIpc) is 2.44. The van der Waals surface area contributed by atoms with E-state index in [0.29, 0.717) is 6.04 Å². The Hall–Kier alpha value is -0.0800. The maximum atomic E-state index is 6.30. The zero-order valence-electron chi connectivity index (χ0n) is 11.0. The summed E-state index contributed by atoms with van der Waals surface area (Å²) in [5.41, 5.74) is 6.30. The lowest BCUT2D eigenvalue weighted by atomic mass is 9.95. The molecule has 1 saturated carbocycles. The summed E-state index contributed by atoms with van der Waals surface area (Å²) in [6, 6.07) is 0.466. The molecule has 0 radical (unpaired) electrons. The number of hydrogen-bond donors (Lipinski definition) is 1. The fraction of sp³-hybridized carbons (Fsp3) is 1.00. The highest BCUT2D eigenvalue weighted by Crippen LogP contribution is 2.27. The van der Waals surface area contributed by atoms with Crippen LogP contribution in [0.1, 0.15) is 46.0 Å². The maximum Gasteiger partial charge on any atom is 0.00793 e. The Morgan fingerprint density at radius 2 is 1.62 bits per heavy atom. The normalized spacial score (nSPS) is 42.2. The van der Waals surface area contributed by atoms with Crippen LogP contribution in [0.5, 0.6) is 0 Å². The van der Waals surface area contributed by atoms with Crippen molar-refractivity contribution in [1.29, 1.82) is 0 Å². The maximum absolute atomic E-state index is 6.30. The summed E-state index contributed by atoms with van der Waals surface area (Å²) in [6.45, 7) is 8.62. The Balaban J connectivity index is 1.83. The molecule has 2 fully saturated rings. The zero-order chi connectivity index (χ0) is 11.5. The highest BCUT2D eigenvalue weighted by molar-refractivity contribution is 4.84. The molecule has 1 aliphatic carbocycles. The summed E-state index contributed by atoms with van der Waals surface area (Å²) in [7, 11) is 0. The van der Waals surface area contributed by atoms with Crippen LogP contribution in [0, 0.1) is 17.8 Å². The summed E-state index contributed by atoms with van der Waals surface area (Å²) < 4.78 is 0. The van der Waals surface area contributed by atoms with Crippen molar-refractivity contribution in [3.63, 3.8) is 0 Å². The molecule has 0 aromatic rings. The second kappa shape index (κ2) is 5.50. The largest absolute Gasteiger partial charge is 0.327 e. The molecule has 2 nitrogen and oxygen atoms in total. The van der Waals surface area contributed by atoms with Crippen molar-refractivity contribution in [2.24, 2.45) is 23.5 Å². The minimum atomic E-state index is 0.466. The topological polar surface area (TPSA) is 29.3 Å². The van der Waals surface area contributed by atoms with Gasteiger partial charge in [0.2, 0.25) is 0 Å². The SMILES string of the molecule is CC1CN(CC2CCCCCC2N)CC1C. The summed E-state index contributed by atoms with van der Waals surface area (Å²) >= 11 is 0. The lowest BCUT2D eigenvalue weighted by molar-refractivity contribution is 0.235. The molecule has 2 N–H and O–H groups in total. The van der Waals surface area contributed by atoms with Crippen LogP contribution in [-0.2, 0) is 0 Å². The van der Waals surface area contributed by atoms with E-state index in [2.05, 4.69) is 18.7 Å². The van der Waals surface area contributed by atoms with E-state index >= 15 is 0 Å². The molecule has 0 spiro atoms. The minimum Gasteiger partial charge on any atom is -0.327 e. The number of nitrogens with two attached hydrogens (primary N) is 1. The average molecular weight is 224 g/mol. The van der Waals surface area contributed by atoms with E-state index in [-0.39, 0.29) is 0 Å². The summed E-state index contributed by atoms with van der Waals surface area (Å²) in [4.78, 5) is 2.66. The van der Waals surface area contributed by atoms with Gasteiger partial charge in [0.1, 0.15) is 0 Å². The molecule has 1 aliphatic heterocycles. The molecule has 2 heteroatoms. The second-order valence-electron chi connectivity index (χ2n) is 6.24. The molecule has 94 valence electrons. The van der Waals surface area contributed by atoms with Gasteiger partial charge in [0.15, 0.2) is 0 Å². The molecule has 0 aromatic heterocycles. The monoisotopic (exact) mass is 224 g/mol. The number of rotatable bonds is 2. The standard InChI is InChI=1S/C14H28N2/c1-11-8-16(9-12(11)2)10-13-6-4-3-5-7-14(13)15/h11-14H,3-10,15H2,1-2H3. The fourth-order valence-corrected chi connectivity index (χ4v) is 3.37. The Bertz CT molecular complexity index is 207. The van der Waals surface area contributed by atoms with Crippen molar-refractivity contribution < 1.29 is 0 Å². The quantitative estimate of drug-likeness (QED) is 0.730. The van der Waals surface area contributed by atoms with Crippen molar-refractivity contribution in [1.82, 2.24) is 4.90 Å². The Labute approximate surface area is 101 Å². The molecule has 0 amide bonds. The van der Waals surface area contributed by atoms with Crippen LogP contribution in [-0.4, -0.2) is 30.6 Å². The van der Waals surface area contributed by atoms with Crippen LogP contribution in [0.15, 0.2) is 0 Å². The lowest BCUT2D eigenvalue weighted by Gasteiger charge is -2.27. The number of hydrogen-bond acceptors (Lipinski definition) is 2. The highest BCUT2D eigenvalue weighted by atomic mass is 15.2. The Morgan fingerprint density at radius 1 is 1.00 bits per heavy atom. The van der Waals surface area contributed by atoms with E-state index < -0.39 is 0 Å². The number of likely N-dealkylation sites (tertiary alicyclic amines) is 1.